The van der Waals surface area contributed by atoms with E-state index in [0.717, 1.165) is 25.9 Å². The van der Waals surface area contributed by atoms with Gasteiger partial charge in [-0.25, -0.2) is 0 Å². The zero-order chi connectivity index (χ0) is 12.4. The van der Waals surface area contributed by atoms with Crippen LogP contribution in [0.3, 0.4) is 0 Å². The SMILES string of the molecule is CC1CC(N)CCN1Cc1ccc(Cl)c(Cl)c1. The van der Waals surface area contributed by atoms with Gasteiger partial charge in [-0.1, -0.05) is 29.3 Å². The predicted molar refractivity (Wildman–Crippen MR) is 73.5 cm³/mol. The summed E-state index contributed by atoms with van der Waals surface area (Å²) in [5.74, 6) is 0. The normalized spacial score (nSPS) is 26.1. The molecule has 94 valence electrons. The number of rotatable bonds is 2. The third kappa shape index (κ3) is 3.35. The molecule has 1 fully saturated rings. The Balaban J connectivity index is 2.02. The van der Waals surface area contributed by atoms with Crippen molar-refractivity contribution < 1.29 is 0 Å². The maximum Gasteiger partial charge on any atom is 0.0595 e. The number of nitrogens with zero attached hydrogens (tertiary/aromatic N) is 1. The van der Waals surface area contributed by atoms with Gasteiger partial charge in [0.25, 0.3) is 0 Å². The lowest BCUT2D eigenvalue weighted by Gasteiger charge is -2.36. The summed E-state index contributed by atoms with van der Waals surface area (Å²) < 4.78 is 0. The Labute approximate surface area is 113 Å². The molecule has 0 spiro atoms. The molecule has 0 radical (unpaired) electrons. The fourth-order valence-corrected chi connectivity index (χ4v) is 2.69. The Morgan fingerprint density at radius 1 is 1.35 bits per heavy atom. The third-order valence-corrected chi connectivity index (χ3v) is 4.16. The highest BCUT2D eigenvalue weighted by atomic mass is 35.5. The molecule has 2 atom stereocenters. The van der Waals surface area contributed by atoms with Crippen molar-refractivity contribution in [1.82, 2.24) is 4.90 Å². The van der Waals surface area contributed by atoms with Crippen molar-refractivity contribution in [3.05, 3.63) is 33.8 Å². The van der Waals surface area contributed by atoms with Crippen molar-refractivity contribution in [3.8, 4) is 0 Å². The summed E-state index contributed by atoms with van der Waals surface area (Å²) in [6, 6.07) is 6.74. The molecule has 1 aliphatic heterocycles. The minimum absolute atomic E-state index is 0.357. The van der Waals surface area contributed by atoms with Crippen LogP contribution in [0.1, 0.15) is 25.3 Å². The Bertz CT molecular complexity index is 395. The van der Waals surface area contributed by atoms with Gasteiger partial charge in [-0.3, -0.25) is 4.90 Å². The Hall–Kier alpha value is -0.280. The number of hydrogen-bond acceptors (Lipinski definition) is 2. The van der Waals surface area contributed by atoms with E-state index < -0.39 is 0 Å². The first-order chi connectivity index (χ1) is 8.06. The maximum atomic E-state index is 6.02. The van der Waals surface area contributed by atoms with E-state index in [2.05, 4.69) is 11.8 Å². The molecule has 1 heterocycles. The second-order valence-electron chi connectivity index (χ2n) is 4.85. The summed E-state index contributed by atoms with van der Waals surface area (Å²) >= 11 is 11.9. The van der Waals surface area contributed by atoms with E-state index in [0.29, 0.717) is 22.1 Å². The van der Waals surface area contributed by atoms with Crippen LogP contribution in [0.25, 0.3) is 0 Å². The molecule has 1 aliphatic rings. The number of benzene rings is 1. The van der Waals surface area contributed by atoms with E-state index in [1.54, 1.807) is 0 Å². The van der Waals surface area contributed by atoms with Gasteiger partial charge in [0.15, 0.2) is 0 Å². The second kappa shape index (κ2) is 5.57. The lowest BCUT2D eigenvalue weighted by molar-refractivity contribution is 0.140. The van der Waals surface area contributed by atoms with Crippen LogP contribution in [-0.4, -0.2) is 23.5 Å². The molecule has 4 heteroatoms. The summed E-state index contributed by atoms with van der Waals surface area (Å²) in [6.07, 6.45) is 2.15. The molecule has 1 saturated heterocycles. The van der Waals surface area contributed by atoms with Crippen LogP contribution in [0.15, 0.2) is 18.2 Å². The van der Waals surface area contributed by atoms with Gasteiger partial charge in [-0.05, 0) is 37.5 Å². The molecule has 17 heavy (non-hydrogen) atoms. The largest absolute Gasteiger partial charge is 0.328 e. The van der Waals surface area contributed by atoms with E-state index in [-0.39, 0.29) is 0 Å². The average molecular weight is 273 g/mol. The van der Waals surface area contributed by atoms with E-state index in [9.17, 15) is 0 Å². The molecule has 2 rings (SSSR count). The van der Waals surface area contributed by atoms with E-state index >= 15 is 0 Å². The van der Waals surface area contributed by atoms with Gasteiger partial charge >= 0.3 is 0 Å². The number of halogens is 2. The first-order valence-electron chi connectivity index (χ1n) is 6.00. The Morgan fingerprint density at radius 2 is 2.12 bits per heavy atom. The monoisotopic (exact) mass is 272 g/mol. The lowest BCUT2D eigenvalue weighted by Crippen LogP contribution is -2.44. The fourth-order valence-electron chi connectivity index (χ4n) is 2.36. The Morgan fingerprint density at radius 3 is 2.76 bits per heavy atom. The van der Waals surface area contributed by atoms with E-state index in [1.165, 1.54) is 5.56 Å². The van der Waals surface area contributed by atoms with Gasteiger partial charge in [-0.2, -0.15) is 0 Å². The summed E-state index contributed by atoms with van der Waals surface area (Å²) in [5, 5.41) is 1.25. The molecule has 2 N–H and O–H groups in total. The molecule has 2 nitrogen and oxygen atoms in total. The summed E-state index contributed by atoms with van der Waals surface area (Å²) in [6.45, 7) is 4.21. The number of likely N-dealkylation sites (tertiary alicyclic amines) is 1. The molecular formula is C13H18Cl2N2. The fraction of sp³-hybridized carbons (Fsp3) is 0.538. The topological polar surface area (TPSA) is 29.3 Å². The van der Waals surface area contributed by atoms with Crippen molar-refractivity contribution in [2.75, 3.05) is 6.54 Å². The van der Waals surface area contributed by atoms with Gasteiger partial charge in [0, 0.05) is 25.2 Å². The standard InChI is InChI=1S/C13H18Cl2N2/c1-9-6-11(16)4-5-17(9)8-10-2-3-12(14)13(15)7-10/h2-3,7,9,11H,4-6,8,16H2,1H3. The van der Waals surface area contributed by atoms with Crippen LogP contribution in [-0.2, 0) is 6.54 Å². The molecule has 0 amide bonds. The zero-order valence-corrected chi connectivity index (χ0v) is 11.5. The van der Waals surface area contributed by atoms with Crippen LogP contribution in [0.5, 0.6) is 0 Å². The van der Waals surface area contributed by atoms with Gasteiger partial charge in [-0.15, -0.1) is 0 Å². The zero-order valence-electron chi connectivity index (χ0n) is 10.00. The minimum atomic E-state index is 0.357. The van der Waals surface area contributed by atoms with Crippen molar-refractivity contribution in [3.63, 3.8) is 0 Å². The number of hydrogen-bond donors (Lipinski definition) is 1. The maximum absolute atomic E-state index is 6.02. The molecule has 1 aromatic carbocycles. The van der Waals surface area contributed by atoms with E-state index in [1.807, 2.05) is 18.2 Å². The van der Waals surface area contributed by atoms with Crippen LogP contribution in [0.4, 0.5) is 0 Å². The van der Waals surface area contributed by atoms with Crippen molar-refractivity contribution in [2.45, 2.75) is 38.4 Å². The third-order valence-electron chi connectivity index (χ3n) is 3.42. The van der Waals surface area contributed by atoms with Gasteiger partial charge < -0.3 is 5.73 Å². The molecule has 0 aliphatic carbocycles. The molecular weight excluding hydrogens is 255 g/mol. The molecule has 0 saturated carbocycles. The highest BCUT2D eigenvalue weighted by molar-refractivity contribution is 6.42. The molecule has 0 aromatic heterocycles. The predicted octanol–water partition coefficient (Wildman–Crippen LogP) is 3.31. The Kier molecular flexibility index (Phi) is 4.31. The summed E-state index contributed by atoms with van der Waals surface area (Å²) in [5.41, 5.74) is 7.17. The summed E-state index contributed by atoms with van der Waals surface area (Å²) in [7, 11) is 0. The van der Waals surface area contributed by atoms with Crippen LogP contribution in [0.2, 0.25) is 10.0 Å². The molecule has 0 bridgehead atoms. The van der Waals surface area contributed by atoms with Crippen molar-refractivity contribution in [2.24, 2.45) is 5.73 Å². The van der Waals surface area contributed by atoms with Crippen LogP contribution >= 0.6 is 23.2 Å². The van der Waals surface area contributed by atoms with Gasteiger partial charge in [0.1, 0.15) is 0 Å². The first-order valence-corrected chi connectivity index (χ1v) is 6.75. The quantitative estimate of drug-likeness (QED) is 0.895. The average Bonchev–Trinajstić information content (AvgIpc) is 2.27. The second-order valence-corrected chi connectivity index (χ2v) is 5.67. The minimum Gasteiger partial charge on any atom is -0.328 e. The number of piperidine rings is 1. The van der Waals surface area contributed by atoms with Crippen LogP contribution in [0, 0.1) is 0 Å². The number of nitrogens with two attached hydrogens (primary N) is 1. The van der Waals surface area contributed by atoms with Crippen molar-refractivity contribution >= 4 is 23.2 Å². The molecule has 1 aromatic rings. The lowest BCUT2D eigenvalue weighted by atomic mass is 9.98. The van der Waals surface area contributed by atoms with Crippen molar-refractivity contribution in [1.29, 1.82) is 0 Å². The van der Waals surface area contributed by atoms with Gasteiger partial charge in [0.05, 0.1) is 10.0 Å². The molecule has 2 unspecified atom stereocenters. The van der Waals surface area contributed by atoms with Crippen LogP contribution < -0.4 is 5.73 Å². The van der Waals surface area contributed by atoms with E-state index in [4.69, 9.17) is 28.9 Å². The van der Waals surface area contributed by atoms with Gasteiger partial charge in [0.2, 0.25) is 0 Å². The highest BCUT2D eigenvalue weighted by Gasteiger charge is 2.22. The smallest absolute Gasteiger partial charge is 0.0595 e. The summed E-state index contributed by atoms with van der Waals surface area (Å²) in [4.78, 5) is 2.45. The highest BCUT2D eigenvalue weighted by Crippen LogP contribution is 2.25. The first kappa shape index (κ1) is 13.2.